The molecule has 7 heteroatoms. The van der Waals surface area contributed by atoms with Crippen molar-refractivity contribution < 1.29 is 14.2 Å². The smallest absolute Gasteiger partial charge is 0.193 e. The summed E-state index contributed by atoms with van der Waals surface area (Å²) in [5, 5.41) is 3.04. The van der Waals surface area contributed by atoms with Crippen molar-refractivity contribution in [3.8, 4) is 17.2 Å². The summed E-state index contributed by atoms with van der Waals surface area (Å²) in [6.07, 6.45) is 0. The van der Waals surface area contributed by atoms with Gasteiger partial charge in [-0.2, -0.15) is 0 Å². The lowest BCUT2D eigenvalue weighted by atomic mass is 10.2. The lowest BCUT2D eigenvalue weighted by Gasteiger charge is -2.12. The zero-order valence-electron chi connectivity index (χ0n) is 14.6. The summed E-state index contributed by atoms with van der Waals surface area (Å²) < 4.78 is 16.0. The number of nitrogens with two attached hydrogens (primary N) is 1. The molecular formula is C18H24IN3O3. The fraction of sp³-hybridized carbons (Fsp3) is 0.278. The third-order valence-corrected chi connectivity index (χ3v) is 3.31. The number of hydrogen-bond donors (Lipinski definition) is 2. The maximum Gasteiger partial charge on any atom is 0.193 e. The molecule has 3 N–H and O–H groups in total. The fourth-order valence-electron chi connectivity index (χ4n) is 2.17. The number of halogens is 1. The highest BCUT2D eigenvalue weighted by atomic mass is 127. The summed E-state index contributed by atoms with van der Waals surface area (Å²) in [4.78, 5) is 4.35. The van der Waals surface area contributed by atoms with Gasteiger partial charge in [0.15, 0.2) is 5.96 Å². The minimum Gasteiger partial charge on any atom is -0.497 e. The van der Waals surface area contributed by atoms with E-state index in [1.807, 2.05) is 37.3 Å². The highest BCUT2D eigenvalue weighted by molar-refractivity contribution is 14.0. The first kappa shape index (κ1) is 20.9. The number of guanidine groups is 1. The molecule has 0 atom stereocenters. The van der Waals surface area contributed by atoms with E-state index in [0.29, 0.717) is 36.3 Å². The molecule has 0 aliphatic heterocycles. The van der Waals surface area contributed by atoms with Gasteiger partial charge in [0, 0.05) is 6.07 Å². The van der Waals surface area contributed by atoms with Crippen molar-refractivity contribution in [2.45, 2.75) is 13.5 Å². The topological polar surface area (TPSA) is 78.1 Å². The predicted molar refractivity (Wildman–Crippen MR) is 112 cm³/mol. The quantitative estimate of drug-likeness (QED) is 0.377. The van der Waals surface area contributed by atoms with Gasteiger partial charge in [-0.3, -0.25) is 0 Å². The molecule has 2 rings (SSSR count). The van der Waals surface area contributed by atoms with Gasteiger partial charge in [-0.15, -0.1) is 24.0 Å². The van der Waals surface area contributed by atoms with Gasteiger partial charge in [0.2, 0.25) is 0 Å². The van der Waals surface area contributed by atoms with Crippen LogP contribution in [0.3, 0.4) is 0 Å². The Morgan fingerprint density at radius 2 is 1.88 bits per heavy atom. The zero-order chi connectivity index (χ0) is 17.4. The number of nitrogens with one attached hydrogen (secondary N) is 1. The van der Waals surface area contributed by atoms with Gasteiger partial charge in [-0.05, 0) is 36.8 Å². The van der Waals surface area contributed by atoms with Crippen LogP contribution in [0.2, 0.25) is 0 Å². The predicted octanol–water partition coefficient (Wildman–Crippen LogP) is 3.65. The highest BCUT2D eigenvalue weighted by Gasteiger charge is 2.06. The maximum absolute atomic E-state index is 5.98. The first-order chi connectivity index (χ1) is 11.7. The molecule has 0 fully saturated rings. The molecule has 0 aliphatic rings. The Morgan fingerprint density at radius 3 is 2.56 bits per heavy atom. The number of benzene rings is 2. The Morgan fingerprint density at radius 1 is 1.08 bits per heavy atom. The van der Waals surface area contributed by atoms with E-state index in [1.54, 1.807) is 26.4 Å². The van der Waals surface area contributed by atoms with Crippen LogP contribution in [0.1, 0.15) is 12.5 Å². The van der Waals surface area contributed by atoms with E-state index >= 15 is 0 Å². The Balaban J connectivity index is 0.00000312. The molecule has 6 nitrogen and oxygen atoms in total. The molecular weight excluding hydrogens is 433 g/mol. The number of ether oxygens (including phenoxy) is 3. The van der Waals surface area contributed by atoms with Gasteiger partial charge in [-0.25, -0.2) is 4.99 Å². The SMILES string of the molecule is CCOc1cccc(CN=C(N)Nc2cc(OC)ccc2OC)c1.I. The van der Waals surface area contributed by atoms with E-state index < -0.39 is 0 Å². The highest BCUT2D eigenvalue weighted by Crippen LogP contribution is 2.28. The molecule has 2 aromatic carbocycles. The van der Waals surface area contributed by atoms with E-state index in [1.165, 1.54) is 0 Å². The molecule has 0 radical (unpaired) electrons. The molecule has 25 heavy (non-hydrogen) atoms. The lowest BCUT2D eigenvalue weighted by molar-refractivity contribution is 0.340. The van der Waals surface area contributed by atoms with Gasteiger partial charge in [0.1, 0.15) is 17.2 Å². The van der Waals surface area contributed by atoms with E-state index in [0.717, 1.165) is 11.3 Å². The molecule has 0 bridgehead atoms. The summed E-state index contributed by atoms with van der Waals surface area (Å²) in [6.45, 7) is 3.03. The summed E-state index contributed by atoms with van der Waals surface area (Å²) >= 11 is 0. The zero-order valence-corrected chi connectivity index (χ0v) is 16.9. The molecule has 0 heterocycles. The van der Waals surface area contributed by atoms with Gasteiger partial charge in [-0.1, -0.05) is 12.1 Å². The van der Waals surface area contributed by atoms with Crippen LogP contribution in [-0.4, -0.2) is 26.8 Å². The van der Waals surface area contributed by atoms with Gasteiger partial charge in [0.25, 0.3) is 0 Å². The molecule has 0 saturated heterocycles. The molecule has 136 valence electrons. The third-order valence-electron chi connectivity index (χ3n) is 3.31. The van der Waals surface area contributed by atoms with E-state index in [2.05, 4.69) is 10.3 Å². The van der Waals surface area contributed by atoms with E-state index in [-0.39, 0.29) is 24.0 Å². The van der Waals surface area contributed by atoms with Crippen molar-refractivity contribution in [2.24, 2.45) is 10.7 Å². The van der Waals surface area contributed by atoms with Gasteiger partial charge in [0.05, 0.1) is 33.1 Å². The van der Waals surface area contributed by atoms with Crippen molar-refractivity contribution in [3.05, 3.63) is 48.0 Å². The Hall–Kier alpha value is -2.16. The monoisotopic (exact) mass is 457 g/mol. The van der Waals surface area contributed by atoms with Crippen molar-refractivity contribution in [2.75, 3.05) is 26.1 Å². The van der Waals surface area contributed by atoms with Crippen LogP contribution >= 0.6 is 24.0 Å². The van der Waals surface area contributed by atoms with Crippen LogP contribution in [0.25, 0.3) is 0 Å². The molecule has 0 unspecified atom stereocenters. The van der Waals surface area contributed by atoms with Crippen molar-refractivity contribution in [1.29, 1.82) is 0 Å². The van der Waals surface area contributed by atoms with Crippen molar-refractivity contribution in [3.63, 3.8) is 0 Å². The Bertz CT molecular complexity index is 708. The number of rotatable bonds is 7. The van der Waals surface area contributed by atoms with Crippen molar-refractivity contribution in [1.82, 2.24) is 0 Å². The summed E-state index contributed by atoms with van der Waals surface area (Å²) in [6, 6.07) is 13.2. The standard InChI is InChI=1S/C18H23N3O3.HI/c1-4-24-15-7-5-6-13(10-15)12-20-18(19)21-16-11-14(22-2)8-9-17(16)23-3;/h5-11H,4,12H2,1-3H3,(H3,19,20,21);1H. The minimum absolute atomic E-state index is 0. The first-order valence-electron chi connectivity index (χ1n) is 7.67. The second-order valence-electron chi connectivity index (χ2n) is 4.97. The average Bonchev–Trinajstić information content (AvgIpc) is 2.60. The molecule has 0 aromatic heterocycles. The summed E-state index contributed by atoms with van der Waals surface area (Å²) in [5.41, 5.74) is 7.69. The average molecular weight is 457 g/mol. The third kappa shape index (κ3) is 6.33. The molecule has 0 aliphatic carbocycles. The van der Waals surface area contributed by atoms with Crippen LogP contribution in [0.4, 0.5) is 5.69 Å². The largest absolute Gasteiger partial charge is 0.497 e. The normalized spacial score (nSPS) is 10.6. The molecule has 0 amide bonds. The van der Waals surface area contributed by atoms with Gasteiger partial charge < -0.3 is 25.3 Å². The maximum atomic E-state index is 5.98. The lowest BCUT2D eigenvalue weighted by Crippen LogP contribution is -2.23. The number of nitrogens with zero attached hydrogens (tertiary/aromatic N) is 1. The Labute approximate surface area is 165 Å². The molecule has 0 saturated carbocycles. The van der Waals surface area contributed by atoms with Crippen LogP contribution in [0, 0.1) is 0 Å². The number of methoxy groups -OCH3 is 2. The van der Waals surface area contributed by atoms with Gasteiger partial charge >= 0.3 is 0 Å². The first-order valence-corrected chi connectivity index (χ1v) is 7.67. The number of aliphatic imine (C=N–C) groups is 1. The van der Waals surface area contributed by atoms with E-state index in [4.69, 9.17) is 19.9 Å². The minimum atomic E-state index is 0. The molecule has 0 spiro atoms. The van der Waals surface area contributed by atoms with Crippen LogP contribution in [0.15, 0.2) is 47.5 Å². The second-order valence-corrected chi connectivity index (χ2v) is 4.97. The molecule has 2 aromatic rings. The summed E-state index contributed by atoms with van der Waals surface area (Å²) in [5.74, 6) is 2.48. The van der Waals surface area contributed by atoms with Crippen LogP contribution in [-0.2, 0) is 6.54 Å². The summed E-state index contributed by atoms with van der Waals surface area (Å²) in [7, 11) is 3.20. The Kier molecular flexibility index (Phi) is 8.90. The van der Waals surface area contributed by atoms with Crippen molar-refractivity contribution >= 4 is 35.6 Å². The van der Waals surface area contributed by atoms with Crippen LogP contribution in [0.5, 0.6) is 17.2 Å². The fourth-order valence-corrected chi connectivity index (χ4v) is 2.17. The van der Waals surface area contributed by atoms with Crippen LogP contribution < -0.4 is 25.3 Å². The second kappa shape index (κ2) is 10.7. The van der Waals surface area contributed by atoms with E-state index in [9.17, 15) is 0 Å². The number of anilines is 1. The number of hydrogen-bond acceptors (Lipinski definition) is 4.